The van der Waals surface area contributed by atoms with E-state index in [2.05, 4.69) is 5.32 Å². The topological polar surface area (TPSA) is 66.0 Å². The summed E-state index contributed by atoms with van der Waals surface area (Å²) < 4.78 is 22.4. The van der Waals surface area contributed by atoms with E-state index >= 15 is 0 Å². The summed E-state index contributed by atoms with van der Waals surface area (Å²) in [5, 5.41) is 2.88. The van der Waals surface area contributed by atoms with Crippen molar-refractivity contribution in [3.8, 4) is 23.0 Å². The maximum atomic E-state index is 12.4. The first-order valence-corrected chi connectivity index (χ1v) is 8.66. The average molecular weight is 357 g/mol. The van der Waals surface area contributed by atoms with Crippen LogP contribution in [0.1, 0.15) is 13.3 Å². The number of fused-ring (bicyclic) bond motifs is 1. The molecular weight excluding hydrogens is 334 g/mol. The van der Waals surface area contributed by atoms with Crippen molar-refractivity contribution in [1.82, 2.24) is 5.32 Å². The molecule has 1 aliphatic rings. The van der Waals surface area contributed by atoms with Crippen molar-refractivity contribution in [3.63, 3.8) is 0 Å². The summed E-state index contributed by atoms with van der Waals surface area (Å²) in [5.41, 5.74) is 0. The minimum absolute atomic E-state index is 0.175. The Morgan fingerprint density at radius 3 is 2.54 bits per heavy atom. The lowest BCUT2D eigenvalue weighted by molar-refractivity contribution is -0.128. The van der Waals surface area contributed by atoms with Crippen molar-refractivity contribution in [2.75, 3.05) is 20.3 Å². The van der Waals surface area contributed by atoms with Gasteiger partial charge < -0.3 is 24.3 Å². The van der Waals surface area contributed by atoms with Crippen molar-refractivity contribution in [2.24, 2.45) is 0 Å². The Morgan fingerprint density at radius 1 is 1.15 bits per heavy atom. The van der Waals surface area contributed by atoms with Gasteiger partial charge in [-0.1, -0.05) is 19.1 Å². The number of hydrogen-bond donors (Lipinski definition) is 1. The predicted octanol–water partition coefficient (Wildman–Crippen LogP) is 2.81. The molecule has 6 heteroatoms. The van der Waals surface area contributed by atoms with E-state index in [1.807, 2.05) is 31.2 Å². The van der Waals surface area contributed by atoms with E-state index in [9.17, 15) is 4.79 Å². The molecule has 6 nitrogen and oxygen atoms in total. The molecule has 0 spiro atoms. The van der Waals surface area contributed by atoms with Gasteiger partial charge in [0.15, 0.2) is 17.6 Å². The van der Waals surface area contributed by atoms with Crippen LogP contribution < -0.4 is 24.3 Å². The van der Waals surface area contributed by atoms with Crippen LogP contribution in [-0.2, 0) is 4.79 Å². The summed E-state index contributed by atoms with van der Waals surface area (Å²) in [7, 11) is 1.60. The van der Waals surface area contributed by atoms with Crippen LogP contribution in [0.3, 0.4) is 0 Å². The molecule has 2 aromatic carbocycles. The summed E-state index contributed by atoms with van der Waals surface area (Å²) in [4.78, 5) is 12.4. The van der Waals surface area contributed by atoms with Gasteiger partial charge in [0.2, 0.25) is 0 Å². The van der Waals surface area contributed by atoms with Gasteiger partial charge in [0.25, 0.3) is 5.91 Å². The van der Waals surface area contributed by atoms with Gasteiger partial charge in [0.1, 0.15) is 24.2 Å². The fourth-order valence-corrected chi connectivity index (χ4v) is 2.63. The number of para-hydroxylation sites is 2. The monoisotopic (exact) mass is 357 g/mol. The molecule has 3 rings (SSSR count). The highest BCUT2D eigenvalue weighted by Gasteiger charge is 2.24. The Morgan fingerprint density at radius 2 is 1.85 bits per heavy atom. The van der Waals surface area contributed by atoms with Crippen LogP contribution in [0.2, 0.25) is 0 Å². The fraction of sp³-hybridized carbons (Fsp3) is 0.350. The zero-order valence-electron chi connectivity index (χ0n) is 14.9. The third kappa shape index (κ3) is 4.39. The third-order valence-corrected chi connectivity index (χ3v) is 4.07. The van der Waals surface area contributed by atoms with E-state index in [0.29, 0.717) is 31.1 Å². The van der Waals surface area contributed by atoms with Gasteiger partial charge in [-0.05, 0) is 42.8 Å². The summed E-state index contributed by atoms with van der Waals surface area (Å²) in [6, 6.07) is 14.7. The first-order valence-electron chi connectivity index (χ1n) is 8.66. The molecule has 26 heavy (non-hydrogen) atoms. The van der Waals surface area contributed by atoms with Gasteiger partial charge in [0, 0.05) is 0 Å². The maximum absolute atomic E-state index is 12.4. The standard InChI is InChI=1S/C20H23NO5/c1-3-17(25-15-10-8-14(23-2)9-11-15)20(22)21-12-16-13-24-18-6-4-5-7-19(18)26-16/h4-11,16-17H,3,12-13H2,1-2H3,(H,21,22)/t16-,17+/m0/s1. The second kappa shape index (κ2) is 8.47. The van der Waals surface area contributed by atoms with E-state index in [1.54, 1.807) is 31.4 Å². The Hall–Kier alpha value is -2.89. The number of benzene rings is 2. The van der Waals surface area contributed by atoms with Crippen molar-refractivity contribution < 1.29 is 23.7 Å². The maximum Gasteiger partial charge on any atom is 0.261 e. The molecular formula is C20H23NO5. The van der Waals surface area contributed by atoms with E-state index in [4.69, 9.17) is 18.9 Å². The minimum atomic E-state index is -0.569. The van der Waals surface area contributed by atoms with Gasteiger partial charge in [-0.3, -0.25) is 4.79 Å². The molecule has 0 aromatic heterocycles. The minimum Gasteiger partial charge on any atom is -0.497 e. The van der Waals surface area contributed by atoms with E-state index in [0.717, 1.165) is 11.5 Å². The Labute approximate surface area is 153 Å². The van der Waals surface area contributed by atoms with Crippen LogP contribution in [0.4, 0.5) is 0 Å². The Kier molecular flexibility index (Phi) is 5.84. The molecule has 0 radical (unpaired) electrons. The molecule has 1 aliphatic heterocycles. The normalized spacial score (nSPS) is 16.5. The summed E-state index contributed by atoms with van der Waals surface area (Å²) in [6.07, 6.45) is -0.240. The molecule has 0 fully saturated rings. The fourth-order valence-electron chi connectivity index (χ4n) is 2.63. The van der Waals surface area contributed by atoms with Crippen LogP contribution in [-0.4, -0.2) is 38.4 Å². The largest absolute Gasteiger partial charge is 0.497 e. The molecule has 1 N–H and O–H groups in total. The van der Waals surface area contributed by atoms with E-state index < -0.39 is 6.10 Å². The number of rotatable bonds is 7. The molecule has 1 heterocycles. The summed E-state index contributed by atoms with van der Waals surface area (Å²) >= 11 is 0. The Balaban J connectivity index is 1.51. The lowest BCUT2D eigenvalue weighted by Crippen LogP contribution is -2.45. The molecule has 1 amide bonds. The zero-order valence-corrected chi connectivity index (χ0v) is 14.9. The molecule has 0 saturated carbocycles. The Bertz CT molecular complexity index is 731. The van der Waals surface area contributed by atoms with Crippen LogP contribution in [0.25, 0.3) is 0 Å². The number of amides is 1. The average Bonchev–Trinajstić information content (AvgIpc) is 2.70. The molecule has 138 valence electrons. The van der Waals surface area contributed by atoms with Gasteiger partial charge in [-0.15, -0.1) is 0 Å². The molecule has 0 aliphatic carbocycles. The highest BCUT2D eigenvalue weighted by atomic mass is 16.6. The van der Waals surface area contributed by atoms with Crippen LogP contribution in [0.15, 0.2) is 48.5 Å². The quantitative estimate of drug-likeness (QED) is 0.825. The summed E-state index contributed by atoms with van der Waals surface area (Å²) in [5.74, 6) is 2.61. The number of carbonyl (C=O) groups excluding carboxylic acids is 1. The van der Waals surface area contributed by atoms with Gasteiger partial charge in [-0.25, -0.2) is 0 Å². The van der Waals surface area contributed by atoms with Crippen molar-refractivity contribution in [2.45, 2.75) is 25.6 Å². The summed E-state index contributed by atoms with van der Waals surface area (Å²) in [6.45, 7) is 2.66. The number of nitrogens with one attached hydrogen (secondary N) is 1. The van der Waals surface area contributed by atoms with Crippen molar-refractivity contribution in [1.29, 1.82) is 0 Å². The highest BCUT2D eigenvalue weighted by Crippen LogP contribution is 2.30. The lowest BCUT2D eigenvalue weighted by Gasteiger charge is -2.27. The van der Waals surface area contributed by atoms with E-state index in [1.165, 1.54) is 0 Å². The molecule has 2 aromatic rings. The first-order chi connectivity index (χ1) is 12.7. The zero-order chi connectivity index (χ0) is 18.4. The molecule has 2 atom stereocenters. The van der Waals surface area contributed by atoms with Gasteiger partial charge >= 0.3 is 0 Å². The number of hydrogen-bond acceptors (Lipinski definition) is 5. The van der Waals surface area contributed by atoms with Gasteiger partial charge in [-0.2, -0.15) is 0 Å². The van der Waals surface area contributed by atoms with Crippen molar-refractivity contribution in [3.05, 3.63) is 48.5 Å². The van der Waals surface area contributed by atoms with E-state index in [-0.39, 0.29) is 12.0 Å². The highest BCUT2D eigenvalue weighted by molar-refractivity contribution is 5.81. The smallest absolute Gasteiger partial charge is 0.261 e. The SMILES string of the molecule is CC[C@@H](Oc1ccc(OC)cc1)C(=O)NC[C@H]1COc2ccccc2O1. The third-order valence-electron chi connectivity index (χ3n) is 4.07. The number of ether oxygens (including phenoxy) is 4. The van der Waals surface area contributed by atoms with Crippen LogP contribution >= 0.6 is 0 Å². The molecule has 0 unspecified atom stereocenters. The van der Waals surface area contributed by atoms with Crippen LogP contribution in [0, 0.1) is 0 Å². The first kappa shape index (κ1) is 17.9. The lowest BCUT2D eigenvalue weighted by atomic mass is 10.2. The van der Waals surface area contributed by atoms with Crippen molar-refractivity contribution >= 4 is 5.91 Å². The predicted molar refractivity (Wildman–Crippen MR) is 97.1 cm³/mol. The van der Waals surface area contributed by atoms with Crippen LogP contribution in [0.5, 0.6) is 23.0 Å². The number of carbonyl (C=O) groups is 1. The van der Waals surface area contributed by atoms with Gasteiger partial charge in [0.05, 0.1) is 13.7 Å². The molecule has 0 saturated heterocycles. The second-order valence-electron chi connectivity index (χ2n) is 5.93. The second-order valence-corrected chi connectivity index (χ2v) is 5.93. The number of methoxy groups -OCH3 is 1. The molecule has 0 bridgehead atoms.